The third kappa shape index (κ3) is 4.41. The van der Waals surface area contributed by atoms with Crippen LogP contribution in [0, 0.1) is 6.92 Å². The normalized spacial score (nSPS) is 11.1. The molecule has 30 heavy (non-hydrogen) atoms. The van der Waals surface area contributed by atoms with Crippen molar-refractivity contribution >= 4 is 34.2 Å². The average Bonchev–Trinajstić information content (AvgIpc) is 3.18. The lowest BCUT2D eigenvalue weighted by atomic mass is 10.1. The second-order valence-corrected chi connectivity index (χ2v) is 8.06. The number of benzene rings is 2. The highest BCUT2D eigenvalue weighted by molar-refractivity contribution is 7.99. The number of nitrogens with one attached hydrogen (secondary N) is 1. The van der Waals surface area contributed by atoms with Crippen molar-refractivity contribution in [2.45, 2.75) is 24.9 Å². The molecule has 0 spiro atoms. The molecule has 0 saturated carbocycles. The van der Waals surface area contributed by atoms with E-state index in [0.717, 1.165) is 40.7 Å². The smallest absolute Gasteiger partial charge is 0.230 e. The van der Waals surface area contributed by atoms with Gasteiger partial charge < -0.3 is 10.1 Å². The predicted molar refractivity (Wildman–Crippen MR) is 120 cm³/mol. The fourth-order valence-corrected chi connectivity index (χ4v) is 4.25. The van der Waals surface area contributed by atoms with Gasteiger partial charge in [-0.1, -0.05) is 42.1 Å². The molecule has 0 saturated heterocycles. The zero-order valence-electron chi connectivity index (χ0n) is 17.1. The largest absolute Gasteiger partial charge is 0.497 e. The predicted octanol–water partition coefficient (Wildman–Crippen LogP) is 4.04. The molecule has 4 aromatic rings. The molecule has 0 unspecified atom stereocenters. The number of aryl methyl sites for hydroxylation is 2. The molecular weight excluding hydrogens is 396 g/mol. The van der Waals surface area contributed by atoms with Gasteiger partial charge in [0, 0.05) is 18.0 Å². The lowest BCUT2D eigenvalue weighted by Gasteiger charge is -2.09. The van der Waals surface area contributed by atoms with Gasteiger partial charge in [-0.15, -0.1) is 10.2 Å². The van der Waals surface area contributed by atoms with E-state index >= 15 is 0 Å². The van der Waals surface area contributed by atoms with Gasteiger partial charge in [0.05, 0.1) is 18.4 Å². The summed E-state index contributed by atoms with van der Waals surface area (Å²) in [4.78, 5) is 12.3. The van der Waals surface area contributed by atoms with Gasteiger partial charge >= 0.3 is 0 Å². The van der Waals surface area contributed by atoms with Gasteiger partial charge in [0.15, 0.2) is 10.8 Å². The minimum Gasteiger partial charge on any atom is -0.497 e. The Morgan fingerprint density at radius 3 is 2.77 bits per heavy atom. The molecule has 0 radical (unpaired) electrons. The number of ether oxygens (including phenoxy) is 1. The third-order valence-electron chi connectivity index (χ3n) is 5.01. The number of nitrogens with zero attached hydrogens (tertiary/aromatic N) is 3. The van der Waals surface area contributed by atoms with Crippen LogP contribution in [0.5, 0.6) is 5.75 Å². The van der Waals surface area contributed by atoms with E-state index in [1.807, 2.05) is 46.9 Å². The molecule has 0 aliphatic carbocycles. The number of pyridine rings is 1. The highest BCUT2D eigenvalue weighted by Gasteiger charge is 2.14. The average molecular weight is 421 g/mol. The summed E-state index contributed by atoms with van der Waals surface area (Å²) in [5.41, 5.74) is 4.15. The number of methoxy groups -OCH3 is 1. The molecule has 2 aromatic carbocycles. The Kier molecular flexibility index (Phi) is 6.18. The Hall–Kier alpha value is -3.06. The van der Waals surface area contributed by atoms with E-state index in [2.05, 4.69) is 34.6 Å². The van der Waals surface area contributed by atoms with Gasteiger partial charge in [0.25, 0.3) is 0 Å². The van der Waals surface area contributed by atoms with Gasteiger partial charge in [0.2, 0.25) is 5.91 Å². The number of rotatable bonds is 8. The Morgan fingerprint density at radius 1 is 1.13 bits per heavy atom. The lowest BCUT2D eigenvalue weighted by Crippen LogP contribution is -2.26. The Labute approximate surface area is 179 Å². The summed E-state index contributed by atoms with van der Waals surface area (Å²) < 4.78 is 7.37. The zero-order chi connectivity index (χ0) is 20.9. The van der Waals surface area contributed by atoms with Crippen molar-refractivity contribution in [1.82, 2.24) is 19.9 Å². The SMILES string of the molecule is COc1ccc2c(C)cc3nnc(SCC(=O)NCCCc4ccccc4)n3c2c1. The van der Waals surface area contributed by atoms with E-state index in [1.54, 1.807) is 7.11 Å². The molecule has 1 amide bonds. The van der Waals surface area contributed by atoms with E-state index in [-0.39, 0.29) is 5.91 Å². The maximum Gasteiger partial charge on any atom is 0.230 e. The van der Waals surface area contributed by atoms with Gasteiger partial charge in [-0.3, -0.25) is 9.20 Å². The molecule has 7 heteroatoms. The van der Waals surface area contributed by atoms with Crippen LogP contribution in [0.15, 0.2) is 59.8 Å². The summed E-state index contributed by atoms with van der Waals surface area (Å²) in [5.74, 6) is 1.07. The first-order valence-electron chi connectivity index (χ1n) is 9.91. The van der Waals surface area contributed by atoms with Crippen molar-refractivity contribution in [1.29, 1.82) is 0 Å². The van der Waals surface area contributed by atoms with Crippen LogP contribution in [0.2, 0.25) is 0 Å². The molecule has 2 heterocycles. The number of hydrogen-bond acceptors (Lipinski definition) is 5. The van der Waals surface area contributed by atoms with Crippen molar-refractivity contribution < 1.29 is 9.53 Å². The minimum atomic E-state index is -0.00110. The molecule has 6 nitrogen and oxygen atoms in total. The summed E-state index contributed by atoms with van der Waals surface area (Å²) in [5, 5.41) is 13.4. The van der Waals surface area contributed by atoms with Crippen molar-refractivity contribution in [2.24, 2.45) is 0 Å². The maximum atomic E-state index is 12.3. The van der Waals surface area contributed by atoms with E-state index < -0.39 is 0 Å². The molecule has 0 aliphatic heterocycles. The summed E-state index contributed by atoms with van der Waals surface area (Å²) >= 11 is 1.39. The molecule has 4 rings (SSSR count). The highest BCUT2D eigenvalue weighted by atomic mass is 32.2. The number of fused-ring (bicyclic) bond motifs is 3. The van der Waals surface area contributed by atoms with Gasteiger partial charge in [-0.25, -0.2) is 0 Å². The van der Waals surface area contributed by atoms with E-state index in [4.69, 9.17) is 4.74 Å². The van der Waals surface area contributed by atoms with Gasteiger partial charge in [-0.2, -0.15) is 0 Å². The van der Waals surface area contributed by atoms with Gasteiger partial charge in [-0.05, 0) is 49.1 Å². The third-order valence-corrected chi connectivity index (χ3v) is 5.94. The second-order valence-electron chi connectivity index (χ2n) is 7.11. The Bertz CT molecular complexity index is 1170. The summed E-state index contributed by atoms with van der Waals surface area (Å²) in [6.07, 6.45) is 1.87. The number of aromatic nitrogens is 3. The Balaban J connectivity index is 1.41. The molecule has 0 atom stereocenters. The number of amides is 1. The number of thioether (sulfide) groups is 1. The van der Waals surface area contributed by atoms with Gasteiger partial charge in [0.1, 0.15) is 5.75 Å². The number of hydrogen-bond donors (Lipinski definition) is 1. The lowest BCUT2D eigenvalue weighted by molar-refractivity contribution is -0.118. The van der Waals surface area contributed by atoms with Crippen LogP contribution in [0.1, 0.15) is 17.5 Å². The van der Waals surface area contributed by atoms with Crippen molar-refractivity contribution in [2.75, 3.05) is 19.4 Å². The fourth-order valence-electron chi connectivity index (χ4n) is 3.47. The van der Waals surface area contributed by atoms with Crippen molar-refractivity contribution in [3.63, 3.8) is 0 Å². The second kappa shape index (κ2) is 9.17. The summed E-state index contributed by atoms with van der Waals surface area (Å²) in [6, 6.07) is 18.3. The van der Waals surface area contributed by atoms with Crippen LogP contribution >= 0.6 is 11.8 Å². The van der Waals surface area contributed by atoms with Crippen LogP contribution in [-0.2, 0) is 11.2 Å². The summed E-state index contributed by atoms with van der Waals surface area (Å²) in [7, 11) is 1.65. The van der Waals surface area contributed by atoms with Crippen LogP contribution in [0.4, 0.5) is 0 Å². The first kappa shape index (κ1) is 20.2. The van der Waals surface area contributed by atoms with Crippen LogP contribution in [0.3, 0.4) is 0 Å². The van der Waals surface area contributed by atoms with Crippen LogP contribution < -0.4 is 10.1 Å². The van der Waals surface area contributed by atoms with E-state index in [1.165, 1.54) is 17.3 Å². The monoisotopic (exact) mass is 420 g/mol. The van der Waals surface area contributed by atoms with Crippen molar-refractivity contribution in [3.05, 3.63) is 65.7 Å². The topological polar surface area (TPSA) is 68.5 Å². The minimum absolute atomic E-state index is 0.00110. The highest BCUT2D eigenvalue weighted by Crippen LogP contribution is 2.28. The molecule has 0 bridgehead atoms. The Morgan fingerprint density at radius 2 is 1.97 bits per heavy atom. The molecule has 1 N–H and O–H groups in total. The fraction of sp³-hybridized carbons (Fsp3) is 0.261. The summed E-state index contributed by atoms with van der Waals surface area (Å²) in [6.45, 7) is 2.72. The van der Waals surface area contributed by atoms with Crippen LogP contribution in [-0.4, -0.2) is 39.9 Å². The van der Waals surface area contributed by atoms with E-state index in [9.17, 15) is 4.79 Å². The quantitative estimate of drug-likeness (QED) is 0.344. The van der Waals surface area contributed by atoms with Crippen molar-refractivity contribution in [3.8, 4) is 5.75 Å². The number of carbonyl (C=O) groups is 1. The first-order valence-corrected chi connectivity index (χ1v) is 10.9. The first-order chi connectivity index (χ1) is 14.7. The number of carbonyl (C=O) groups excluding carboxylic acids is 1. The molecule has 154 valence electrons. The van der Waals surface area contributed by atoms with Crippen LogP contribution in [0.25, 0.3) is 16.6 Å². The molecular formula is C23H24N4O2S. The molecule has 2 aromatic heterocycles. The van der Waals surface area contributed by atoms with E-state index in [0.29, 0.717) is 17.5 Å². The maximum absolute atomic E-state index is 12.3. The zero-order valence-corrected chi connectivity index (χ0v) is 17.9. The molecule has 0 aliphatic rings. The standard InChI is InChI=1S/C23H24N4O2S/c1-16-13-21-25-26-23(27(21)20-14-18(29-2)10-11-19(16)20)30-15-22(28)24-12-6-9-17-7-4-3-5-8-17/h3-5,7-8,10-11,13-14H,6,9,12,15H2,1-2H3,(H,24,28). The molecule has 0 fully saturated rings.